The van der Waals surface area contributed by atoms with Gasteiger partial charge in [-0.15, -0.1) is 0 Å². The molecular formula is C9H17BN2O2W. The zero-order valence-electron chi connectivity index (χ0n) is 9.23. The van der Waals surface area contributed by atoms with Crippen LogP contribution in [0.2, 0.25) is 0 Å². The zero-order valence-corrected chi connectivity index (χ0v) is 12.2. The molecule has 1 fully saturated rings. The van der Waals surface area contributed by atoms with Crippen LogP contribution in [0.15, 0.2) is 0 Å². The van der Waals surface area contributed by atoms with Gasteiger partial charge in [-0.3, -0.25) is 0 Å². The Kier molecular flexibility index (Phi) is 10.7. The van der Waals surface area contributed by atoms with Crippen LogP contribution in [0.25, 0.3) is 0 Å². The van der Waals surface area contributed by atoms with Crippen LogP contribution in [0.5, 0.6) is 0 Å². The smallest absolute Gasteiger partial charge is 0.358 e. The Morgan fingerprint density at radius 1 is 1.67 bits per heavy atom. The first-order valence-corrected chi connectivity index (χ1v) is 4.50. The Balaban J connectivity index is 0. The molecular weight excluding hydrogens is 363 g/mol. The largest absolute Gasteiger partial charge is 2.00 e. The van der Waals surface area contributed by atoms with Gasteiger partial charge in [-0.05, 0) is 0 Å². The second kappa shape index (κ2) is 9.23. The predicted molar refractivity (Wildman–Crippen MR) is 55.8 cm³/mol. The monoisotopic (exact) mass is 380 g/mol. The van der Waals surface area contributed by atoms with E-state index in [0.717, 1.165) is 26.5 Å². The van der Waals surface area contributed by atoms with E-state index in [4.69, 9.17) is 0 Å². The first-order chi connectivity index (χ1) is 6.29. The van der Waals surface area contributed by atoms with Crippen molar-refractivity contribution < 1.29 is 30.6 Å². The summed E-state index contributed by atoms with van der Waals surface area (Å²) in [6, 6.07) is -0.149. The Morgan fingerprint density at radius 3 is 2.87 bits per heavy atom. The van der Waals surface area contributed by atoms with E-state index < -0.39 is 0 Å². The van der Waals surface area contributed by atoms with E-state index in [1.807, 2.05) is 4.90 Å². The van der Waals surface area contributed by atoms with Crippen molar-refractivity contribution in [3.63, 3.8) is 0 Å². The van der Waals surface area contributed by atoms with Crippen LogP contribution in [0, 0.1) is 13.8 Å². The molecule has 1 N–H and O–H groups in total. The average molecular weight is 380 g/mol. The van der Waals surface area contributed by atoms with Crippen molar-refractivity contribution in [2.24, 2.45) is 0 Å². The van der Waals surface area contributed by atoms with E-state index in [0.29, 0.717) is 6.44 Å². The maximum absolute atomic E-state index is 11.4. The molecule has 0 bridgehead atoms. The summed E-state index contributed by atoms with van der Waals surface area (Å²) in [7, 11) is 2.47. The third kappa shape index (κ3) is 5.03. The number of carbonyl (C=O) groups is 1. The topological polar surface area (TPSA) is 49.4 Å². The summed E-state index contributed by atoms with van der Waals surface area (Å²) in [6.07, 6.45) is 4.15. The number of likely N-dealkylation sites (N-methyl/N-ethyl adjacent to an activating group) is 1. The number of likely N-dealkylation sites (tertiary alicyclic amines) is 1. The van der Waals surface area contributed by atoms with Crippen molar-refractivity contribution in [1.29, 1.82) is 0 Å². The van der Waals surface area contributed by atoms with Crippen molar-refractivity contribution in [1.82, 2.24) is 10.2 Å². The van der Waals surface area contributed by atoms with Crippen LogP contribution in [0.3, 0.4) is 0 Å². The fourth-order valence-corrected chi connectivity index (χ4v) is 1.59. The second-order valence-electron chi connectivity index (χ2n) is 3.10. The SMILES string of the molecule is CNC(=O)C1C[CH-]CCN1CB=O.[CH3-].[W+2]. The fourth-order valence-electron chi connectivity index (χ4n) is 1.59. The quantitative estimate of drug-likeness (QED) is 0.548. The van der Waals surface area contributed by atoms with E-state index in [1.54, 1.807) is 7.05 Å². The molecule has 6 heteroatoms. The minimum absolute atomic E-state index is 0. The molecule has 0 aromatic carbocycles. The predicted octanol–water partition coefficient (Wildman–Crippen LogP) is -0.144. The summed E-state index contributed by atoms with van der Waals surface area (Å²) < 4.78 is 10.3. The maximum Gasteiger partial charge on any atom is 2.00 e. The molecule has 4 nitrogen and oxygen atoms in total. The number of rotatable bonds is 3. The molecule has 1 aliphatic rings. The molecule has 1 saturated heterocycles. The molecule has 1 atom stereocenters. The number of hydrogen-bond donors (Lipinski definition) is 1. The number of nitrogens with one attached hydrogen (secondary N) is 1. The summed E-state index contributed by atoms with van der Waals surface area (Å²) in [4.78, 5) is 13.3. The van der Waals surface area contributed by atoms with Gasteiger partial charge in [-0.2, -0.15) is 0 Å². The molecule has 0 aromatic rings. The molecule has 0 spiro atoms. The van der Waals surface area contributed by atoms with E-state index in [1.165, 1.54) is 0 Å². The van der Waals surface area contributed by atoms with Crippen LogP contribution in [0.1, 0.15) is 12.8 Å². The second-order valence-corrected chi connectivity index (χ2v) is 3.10. The van der Waals surface area contributed by atoms with Crippen molar-refractivity contribution in [3.8, 4) is 0 Å². The van der Waals surface area contributed by atoms with Crippen molar-refractivity contribution in [3.05, 3.63) is 13.8 Å². The van der Waals surface area contributed by atoms with Gasteiger partial charge in [-0.1, -0.05) is 0 Å². The van der Waals surface area contributed by atoms with E-state index in [9.17, 15) is 9.50 Å². The van der Waals surface area contributed by atoms with Crippen LogP contribution in [-0.2, 0) is 30.6 Å². The van der Waals surface area contributed by atoms with Crippen molar-refractivity contribution >= 4 is 13.1 Å². The standard InChI is InChI=1S/C8H14BN2O2.CH3.W/c1-10-8(12)7-4-2-3-5-11(7)6-9-13;;/h2,7H,3-6H2,1H3,(H,10,12);1H3;/q2*-1;+2. The summed E-state index contributed by atoms with van der Waals surface area (Å²) >= 11 is 0. The van der Waals surface area contributed by atoms with Gasteiger partial charge in [0.05, 0.1) is 0 Å². The van der Waals surface area contributed by atoms with Crippen LogP contribution in [-0.4, -0.2) is 44.0 Å². The summed E-state index contributed by atoms with van der Waals surface area (Å²) in [5.74, 6) is -0.00204. The van der Waals surface area contributed by atoms with Crippen LogP contribution >= 0.6 is 0 Å². The molecule has 0 saturated carbocycles. The Bertz CT molecular complexity index is 205. The Labute approximate surface area is 107 Å². The molecule has 1 heterocycles. The number of nitrogens with zero attached hydrogens (tertiary/aromatic N) is 1. The van der Waals surface area contributed by atoms with Gasteiger partial charge in [-0.25, -0.2) is 0 Å². The maximum atomic E-state index is 11.4. The zero-order chi connectivity index (χ0) is 9.68. The number of carbonyl (C=O) groups excluding carboxylic acids is 1. The van der Waals surface area contributed by atoms with E-state index in [2.05, 4.69) is 11.7 Å². The van der Waals surface area contributed by atoms with Gasteiger partial charge in [0.25, 0.3) is 0 Å². The first-order valence-electron chi connectivity index (χ1n) is 4.50. The van der Waals surface area contributed by atoms with Crippen LogP contribution < -0.4 is 5.32 Å². The summed E-state index contributed by atoms with van der Waals surface area (Å²) in [6.45, 7) is 0.802. The molecule has 1 amide bonds. The average Bonchev–Trinajstić information content (AvgIpc) is 2.18. The van der Waals surface area contributed by atoms with Crippen molar-refractivity contribution in [2.75, 3.05) is 20.0 Å². The molecule has 15 heavy (non-hydrogen) atoms. The van der Waals surface area contributed by atoms with Crippen molar-refractivity contribution in [2.45, 2.75) is 18.9 Å². The van der Waals surface area contributed by atoms with Gasteiger partial charge < -0.3 is 7.43 Å². The van der Waals surface area contributed by atoms with E-state index >= 15 is 0 Å². The molecule has 84 valence electrons. The number of piperidine rings is 1. The Hall–Kier alpha value is -0.0168. The van der Waals surface area contributed by atoms with E-state index in [-0.39, 0.29) is 40.4 Å². The minimum Gasteiger partial charge on any atom is -0.358 e. The third-order valence-electron chi connectivity index (χ3n) is 2.31. The number of hydrogen-bond acceptors (Lipinski definition) is 3. The fraction of sp³-hybridized carbons (Fsp3) is 0.667. The molecule has 1 rings (SSSR count). The normalized spacial score (nSPS) is 20.5. The summed E-state index contributed by atoms with van der Waals surface area (Å²) in [5.41, 5.74) is 0. The number of amides is 1. The van der Waals surface area contributed by atoms with Gasteiger partial charge in [0.2, 0.25) is 0 Å². The molecule has 0 aliphatic carbocycles. The van der Waals surface area contributed by atoms with Gasteiger partial charge in [0, 0.05) is 0 Å². The Morgan fingerprint density at radius 2 is 2.33 bits per heavy atom. The van der Waals surface area contributed by atoms with Crippen LogP contribution in [0.4, 0.5) is 0 Å². The molecule has 1 unspecified atom stereocenters. The van der Waals surface area contributed by atoms with Gasteiger partial charge >= 0.3 is 99.2 Å². The third-order valence-corrected chi connectivity index (χ3v) is 2.31. The van der Waals surface area contributed by atoms with Gasteiger partial charge in [0.15, 0.2) is 0 Å². The molecule has 0 aromatic heterocycles. The summed E-state index contributed by atoms with van der Waals surface area (Å²) in [5, 5.41) is 2.61. The first kappa shape index (κ1) is 17.4. The van der Waals surface area contributed by atoms with Gasteiger partial charge in [0.1, 0.15) is 0 Å². The minimum atomic E-state index is -0.149. The molecule has 1 aliphatic heterocycles. The molecule has 0 radical (unpaired) electrons.